The SMILES string of the molecule is C[C@H]1CN(CCN)CCN1C(=O)OCc1ccccc1. The normalized spacial score (nSPS) is 19.9. The fourth-order valence-electron chi connectivity index (χ4n) is 2.49. The molecular weight excluding hydrogens is 254 g/mol. The van der Waals surface area contributed by atoms with Gasteiger partial charge in [0.2, 0.25) is 0 Å². The van der Waals surface area contributed by atoms with Crippen molar-refractivity contribution in [2.24, 2.45) is 5.73 Å². The van der Waals surface area contributed by atoms with E-state index < -0.39 is 0 Å². The highest BCUT2D eigenvalue weighted by molar-refractivity contribution is 5.68. The average Bonchev–Trinajstić information content (AvgIpc) is 2.46. The molecule has 1 aromatic carbocycles. The van der Waals surface area contributed by atoms with E-state index >= 15 is 0 Å². The van der Waals surface area contributed by atoms with Crippen LogP contribution in [0, 0.1) is 0 Å². The summed E-state index contributed by atoms with van der Waals surface area (Å²) < 4.78 is 5.38. The van der Waals surface area contributed by atoms with E-state index in [2.05, 4.69) is 4.90 Å². The molecule has 0 bridgehead atoms. The van der Waals surface area contributed by atoms with Gasteiger partial charge in [0.15, 0.2) is 0 Å². The summed E-state index contributed by atoms with van der Waals surface area (Å²) in [5.74, 6) is 0. The molecule has 0 aromatic heterocycles. The second-order valence-corrected chi connectivity index (χ2v) is 5.17. The van der Waals surface area contributed by atoms with Gasteiger partial charge in [-0.25, -0.2) is 4.79 Å². The molecule has 5 heteroatoms. The van der Waals surface area contributed by atoms with Crippen LogP contribution in [0.2, 0.25) is 0 Å². The highest BCUT2D eigenvalue weighted by Gasteiger charge is 2.27. The molecule has 1 aliphatic rings. The maximum atomic E-state index is 12.1. The van der Waals surface area contributed by atoms with Gasteiger partial charge in [-0.15, -0.1) is 0 Å². The molecule has 0 spiro atoms. The molecule has 1 saturated heterocycles. The van der Waals surface area contributed by atoms with Crippen molar-refractivity contribution in [2.75, 3.05) is 32.7 Å². The number of benzene rings is 1. The summed E-state index contributed by atoms with van der Waals surface area (Å²) in [7, 11) is 0. The zero-order valence-corrected chi connectivity index (χ0v) is 12.0. The molecule has 0 unspecified atom stereocenters. The monoisotopic (exact) mass is 277 g/mol. The summed E-state index contributed by atoms with van der Waals surface area (Å²) in [6.07, 6.45) is -0.228. The van der Waals surface area contributed by atoms with E-state index in [0.29, 0.717) is 19.7 Å². The predicted molar refractivity (Wildman–Crippen MR) is 78.3 cm³/mol. The minimum Gasteiger partial charge on any atom is -0.445 e. The van der Waals surface area contributed by atoms with Crippen molar-refractivity contribution in [1.82, 2.24) is 9.80 Å². The fourth-order valence-corrected chi connectivity index (χ4v) is 2.49. The Morgan fingerprint density at radius 2 is 2.10 bits per heavy atom. The van der Waals surface area contributed by atoms with Crippen LogP contribution in [0.4, 0.5) is 4.79 Å². The molecule has 5 nitrogen and oxygen atoms in total. The molecule has 1 atom stereocenters. The van der Waals surface area contributed by atoms with Crippen LogP contribution in [0.25, 0.3) is 0 Å². The molecule has 1 aromatic rings. The maximum absolute atomic E-state index is 12.1. The van der Waals surface area contributed by atoms with Gasteiger partial charge in [-0.05, 0) is 12.5 Å². The van der Waals surface area contributed by atoms with Crippen molar-refractivity contribution in [3.05, 3.63) is 35.9 Å². The minimum atomic E-state index is -0.228. The van der Waals surface area contributed by atoms with Crippen LogP contribution in [0.15, 0.2) is 30.3 Å². The van der Waals surface area contributed by atoms with E-state index in [9.17, 15) is 4.79 Å². The first-order valence-corrected chi connectivity index (χ1v) is 7.10. The van der Waals surface area contributed by atoms with Crippen molar-refractivity contribution in [3.8, 4) is 0 Å². The Morgan fingerprint density at radius 3 is 2.75 bits per heavy atom. The topological polar surface area (TPSA) is 58.8 Å². The number of hydrogen-bond donors (Lipinski definition) is 1. The van der Waals surface area contributed by atoms with Gasteiger partial charge >= 0.3 is 6.09 Å². The maximum Gasteiger partial charge on any atom is 0.410 e. The van der Waals surface area contributed by atoms with E-state index in [0.717, 1.165) is 25.2 Å². The van der Waals surface area contributed by atoms with Crippen LogP contribution in [-0.4, -0.2) is 54.7 Å². The summed E-state index contributed by atoms with van der Waals surface area (Å²) in [5, 5.41) is 0. The van der Waals surface area contributed by atoms with Gasteiger partial charge < -0.3 is 15.4 Å². The van der Waals surface area contributed by atoms with Crippen LogP contribution in [0.1, 0.15) is 12.5 Å². The number of carbonyl (C=O) groups excluding carboxylic acids is 1. The van der Waals surface area contributed by atoms with Crippen molar-refractivity contribution in [1.29, 1.82) is 0 Å². The zero-order chi connectivity index (χ0) is 14.4. The summed E-state index contributed by atoms with van der Waals surface area (Å²) in [6.45, 7) is 6.35. The van der Waals surface area contributed by atoms with Gasteiger partial charge in [0, 0.05) is 38.8 Å². The average molecular weight is 277 g/mol. The second-order valence-electron chi connectivity index (χ2n) is 5.17. The number of nitrogens with zero attached hydrogens (tertiary/aromatic N) is 2. The van der Waals surface area contributed by atoms with Crippen LogP contribution in [-0.2, 0) is 11.3 Å². The number of hydrogen-bond acceptors (Lipinski definition) is 4. The fraction of sp³-hybridized carbons (Fsp3) is 0.533. The molecule has 0 aliphatic carbocycles. The minimum absolute atomic E-state index is 0.165. The third kappa shape index (κ3) is 3.95. The molecule has 1 fully saturated rings. The first-order valence-electron chi connectivity index (χ1n) is 7.10. The molecule has 1 heterocycles. The quantitative estimate of drug-likeness (QED) is 0.901. The molecule has 1 amide bonds. The lowest BCUT2D eigenvalue weighted by Crippen LogP contribution is -2.54. The number of nitrogens with two attached hydrogens (primary N) is 1. The van der Waals surface area contributed by atoms with Gasteiger partial charge in [0.25, 0.3) is 0 Å². The molecule has 2 rings (SSSR count). The Hall–Kier alpha value is -1.59. The Bertz CT molecular complexity index is 424. The van der Waals surface area contributed by atoms with Crippen molar-refractivity contribution < 1.29 is 9.53 Å². The largest absolute Gasteiger partial charge is 0.445 e. The summed E-state index contributed by atoms with van der Waals surface area (Å²) >= 11 is 0. The number of ether oxygens (including phenoxy) is 1. The first kappa shape index (κ1) is 14.8. The van der Waals surface area contributed by atoms with E-state index in [1.165, 1.54) is 0 Å². The molecule has 0 radical (unpaired) electrons. The first-order chi connectivity index (χ1) is 9.70. The Labute approximate surface area is 120 Å². The van der Waals surface area contributed by atoms with Gasteiger partial charge in [-0.3, -0.25) is 4.90 Å². The molecule has 2 N–H and O–H groups in total. The predicted octanol–water partition coefficient (Wildman–Crippen LogP) is 1.29. The Balaban J connectivity index is 1.81. The number of carbonyl (C=O) groups is 1. The number of piperazine rings is 1. The summed E-state index contributed by atoms with van der Waals surface area (Å²) in [5.41, 5.74) is 6.57. The van der Waals surface area contributed by atoms with Crippen LogP contribution in [0.5, 0.6) is 0 Å². The molecule has 0 saturated carbocycles. The lowest BCUT2D eigenvalue weighted by atomic mass is 10.2. The lowest BCUT2D eigenvalue weighted by molar-refractivity contribution is 0.0488. The van der Waals surface area contributed by atoms with E-state index in [1.54, 1.807) is 4.90 Å². The molecular formula is C15H23N3O2. The zero-order valence-electron chi connectivity index (χ0n) is 12.0. The molecule has 110 valence electrons. The standard InChI is InChI=1S/C15H23N3O2/c1-13-11-17(8-7-16)9-10-18(13)15(19)20-12-14-5-3-2-4-6-14/h2-6,13H,7-12,16H2,1H3/t13-/m0/s1. The van der Waals surface area contributed by atoms with Crippen molar-refractivity contribution in [2.45, 2.75) is 19.6 Å². The Kier molecular flexibility index (Phi) is 5.38. The van der Waals surface area contributed by atoms with Crippen LogP contribution in [0.3, 0.4) is 0 Å². The van der Waals surface area contributed by atoms with E-state index in [4.69, 9.17) is 10.5 Å². The van der Waals surface area contributed by atoms with Gasteiger partial charge in [0.05, 0.1) is 0 Å². The lowest BCUT2D eigenvalue weighted by Gasteiger charge is -2.38. The second kappa shape index (κ2) is 7.26. The number of rotatable bonds is 4. The molecule has 1 aliphatic heterocycles. The number of amides is 1. The van der Waals surface area contributed by atoms with Crippen molar-refractivity contribution in [3.63, 3.8) is 0 Å². The summed E-state index contributed by atoms with van der Waals surface area (Å²) in [4.78, 5) is 16.2. The van der Waals surface area contributed by atoms with E-state index in [1.807, 2.05) is 37.3 Å². The van der Waals surface area contributed by atoms with Crippen LogP contribution < -0.4 is 5.73 Å². The van der Waals surface area contributed by atoms with Gasteiger partial charge in [-0.1, -0.05) is 30.3 Å². The highest BCUT2D eigenvalue weighted by Crippen LogP contribution is 2.12. The summed E-state index contributed by atoms with van der Waals surface area (Å²) in [6, 6.07) is 9.91. The van der Waals surface area contributed by atoms with Gasteiger partial charge in [0.1, 0.15) is 6.61 Å². The highest BCUT2D eigenvalue weighted by atomic mass is 16.6. The molecule has 20 heavy (non-hydrogen) atoms. The smallest absolute Gasteiger partial charge is 0.410 e. The van der Waals surface area contributed by atoms with E-state index in [-0.39, 0.29) is 12.1 Å². The van der Waals surface area contributed by atoms with Crippen LogP contribution >= 0.6 is 0 Å². The third-order valence-electron chi connectivity index (χ3n) is 3.60. The van der Waals surface area contributed by atoms with Gasteiger partial charge in [-0.2, -0.15) is 0 Å². The third-order valence-corrected chi connectivity index (χ3v) is 3.60. The van der Waals surface area contributed by atoms with Crippen molar-refractivity contribution >= 4 is 6.09 Å². The Morgan fingerprint density at radius 1 is 1.35 bits per heavy atom.